The Morgan fingerprint density at radius 2 is 1.91 bits per heavy atom. The third-order valence-corrected chi connectivity index (χ3v) is 2.93. The lowest BCUT2D eigenvalue weighted by atomic mass is 10.0. The number of methoxy groups -OCH3 is 1. The van der Waals surface area contributed by atoms with Crippen molar-refractivity contribution >= 4 is 11.9 Å². The Balaban J connectivity index is 2.99. The quantitative estimate of drug-likeness (QED) is 0.440. The molecule has 0 unspecified atom stereocenters. The second kappa shape index (κ2) is 8.77. The Kier molecular flexibility index (Phi) is 7.02. The van der Waals surface area contributed by atoms with Gasteiger partial charge in [0, 0.05) is 12.8 Å². The molecule has 118 valence electrons. The van der Waals surface area contributed by atoms with Crippen molar-refractivity contribution in [3.05, 3.63) is 59.4 Å². The number of rotatable bonds is 7. The molecule has 0 heterocycles. The molecule has 0 aliphatic rings. The fraction of sp³-hybridized carbons (Fsp3) is 0.294. The first kappa shape index (κ1) is 17.6. The van der Waals surface area contributed by atoms with Crippen molar-refractivity contribution in [1.29, 1.82) is 0 Å². The summed E-state index contributed by atoms with van der Waals surface area (Å²) in [6, 6.07) is 6.42. The van der Waals surface area contributed by atoms with Crippen LogP contribution in [-0.4, -0.2) is 25.7 Å². The number of benzene rings is 1. The third-order valence-electron chi connectivity index (χ3n) is 2.93. The van der Waals surface area contributed by atoms with Gasteiger partial charge < -0.3 is 9.47 Å². The summed E-state index contributed by atoms with van der Waals surface area (Å²) in [7, 11) is 1.29. The van der Waals surface area contributed by atoms with Gasteiger partial charge in [-0.25, -0.2) is 14.0 Å². The van der Waals surface area contributed by atoms with E-state index < -0.39 is 17.8 Å². The van der Waals surface area contributed by atoms with Crippen LogP contribution in [-0.2, 0) is 20.7 Å². The number of hydrogen-bond acceptors (Lipinski definition) is 4. The lowest BCUT2D eigenvalue weighted by Gasteiger charge is -2.09. The van der Waals surface area contributed by atoms with E-state index in [1.165, 1.54) is 13.2 Å². The van der Waals surface area contributed by atoms with Crippen molar-refractivity contribution in [3.63, 3.8) is 0 Å². The number of carbonyl (C=O) groups is 2. The molecule has 0 saturated carbocycles. The molecule has 0 aromatic heterocycles. The Bertz CT molecular complexity index is 573. The van der Waals surface area contributed by atoms with Gasteiger partial charge in [-0.1, -0.05) is 18.2 Å². The predicted molar refractivity (Wildman–Crippen MR) is 81.1 cm³/mol. The minimum atomic E-state index is -0.682. The Hall–Kier alpha value is -2.43. The van der Waals surface area contributed by atoms with Gasteiger partial charge in [0.05, 0.1) is 24.9 Å². The van der Waals surface area contributed by atoms with Gasteiger partial charge in [-0.15, -0.1) is 6.58 Å². The van der Waals surface area contributed by atoms with Crippen molar-refractivity contribution in [2.45, 2.75) is 19.8 Å². The number of esters is 2. The molecular weight excluding hydrogens is 287 g/mol. The van der Waals surface area contributed by atoms with Gasteiger partial charge in [-0.2, -0.15) is 0 Å². The normalized spacial score (nSPS) is 11.4. The molecule has 0 atom stereocenters. The first-order chi connectivity index (χ1) is 10.5. The van der Waals surface area contributed by atoms with Crippen LogP contribution in [0.25, 0.3) is 0 Å². The summed E-state index contributed by atoms with van der Waals surface area (Å²) in [5.41, 5.74) is 1.04. The fourth-order valence-electron chi connectivity index (χ4n) is 1.83. The second-order valence-electron chi connectivity index (χ2n) is 4.46. The van der Waals surface area contributed by atoms with E-state index in [4.69, 9.17) is 4.74 Å². The molecule has 0 amide bonds. The number of hydrogen-bond donors (Lipinski definition) is 0. The highest BCUT2D eigenvalue weighted by Gasteiger charge is 2.17. The highest BCUT2D eigenvalue weighted by Crippen LogP contribution is 2.19. The summed E-state index contributed by atoms with van der Waals surface area (Å²) < 4.78 is 23.5. The van der Waals surface area contributed by atoms with Gasteiger partial charge in [-0.3, -0.25) is 0 Å². The number of carbonyl (C=O) groups excluding carboxylic acids is 2. The number of allylic oxidation sites excluding steroid dienone is 2. The first-order valence-corrected chi connectivity index (χ1v) is 6.86. The second-order valence-corrected chi connectivity index (χ2v) is 4.46. The van der Waals surface area contributed by atoms with Crippen molar-refractivity contribution in [2.24, 2.45) is 0 Å². The van der Waals surface area contributed by atoms with Crippen molar-refractivity contribution in [2.75, 3.05) is 13.7 Å². The Labute approximate surface area is 129 Å². The van der Waals surface area contributed by atoms with Crippen LogP contribution < -0.4 is 0 Å². The molecule has 0 radical (unpaired) electrons. The average Bonchev–Trinajstić information content (AvgIpc) is 2.52. The average molecular weight is 306 g/mol. The zero-order chi connectivity index (χ0) is 16.5. The van der Waals surface area contributed by atoms with E-state index in [9.17, 15) is 14.0 Å². The highest BCUT2D eigenvalue weighted by atomic mass is 19.1. The molecule has 0 aliphatic carbocycles. The van der Waals surface area contributed by atoms with E-state index in [0.717, 1.165) is 0 Å². The Morgan fingerprint density at radius 3 is 2.41 bits per heavy atom. The summed E-state index contributed by atoms with van der Waals surface area (Å²) >= 11 is 0. The smallest absolute Gasteiger partial charge is 0.337 e. The standard InChI is InChI=1S/C17H19FO4/c1-4-6-15(18)14(17(20)22-5-2)11-12-7-9-13(10-8-12)16(19)21-3/h4,7-10H,1,5-6,11H2,2-3H3/b15-14+. The Morgan fingerprint density at radius 1 is 1.27 bits per heavy atom. The van der Waals surface area contributed by atoms with Crippen molar-refractivity contribution < 1.29 is 23.5 Å². The molecule has 0 saturated heterocycles. The molecule has 1 rings (SSSR count). The van der Waals surface area contributed by atoms with Gasteiger partial charge in [0.15, 0.2) is 0 Å². The van der Waals surface area contributed by atoms with Crippen LogP contribution in [0.5, 0.6) is 0 Å². The monoisotopic (exact) mass is 306 g/mol. The largest absolute Gasteiger partial charge is 0.465 e. The van der Waals surface area contributed by atoms with E-state index in [2.05, 4.69) is 11.3 Å². The number of ether oxygens (including phenoxy) is 2. The zero-order valence-electron chi connectivity index (χ0n) is 12.7. The zero-order valence-corrected chi connectivity index (χ0v) is 12.7. The van der Waals surface area contributed by atoms with Crippen LogP contribution >= 0.6 is 0 Å². The summed E-state index contributed by atoms with van der Waals surface area (Å²) in [5, 5.41) is 0. The number of halogens is 1. The van der Waals surface area contributed by atoms with Crippen LogP contribution in [0.4, 0.5) is 4.39 Å². The molecule has 5 heteroatoms. The molecule has 0 spiro atoms. The maximum Gasteiger partial charge on any atom is 0.337 e. The molecule has 0 fully saturated rings. The predicted octanol–water partition coefficient (Wildman–Crippen LogP) is 3.38. The van der Waals surface area contributed by atoms with Gasteiger partial charge in [-0.05, 0) is 24.6 Å². The molecule has 0 N–H and O–H groups in total. The maximum atomic E-state index is 14.0. The topological polar surface area (TPSA) is 52.6 Å². The molecule has 22 heavy (non-hydrogen) atoms. The SMILES string of the molecule is C=CC/C(F)=C(/Cc1ccc(C(=O)OC)cc1)C(=O)OCC. The lowest BCUT2D eigenvalue weighted by Crippen LogP contribution is -2.12. The minimum absolute atomic E-state index is 0.0333. The van der Waals surface area contributed by atoms with E-state index in [-0.39, 0.29) is 25.0 Å². The summed E-state index contributed by atoms with van der Waals surface area (Å²) in [6.07, 6.45) is 1.43. The summed E-state index contributed by atoms with van der Waals surface area (Å²) in [5.74, 6) is -1.70. The summed E-state index contributed by atoms with van der Waals surface area (Å²) in [4.78, 5) is 23.2. The van der Waals surface area contributed by atoms with Crippen LogP contribution in [0.2, 0.25) is 0 Å². The minimum Gasteiger partial charge on any atom is -0.465 e. The van der Waals surface area contributed by atoms with Gasteiger partial charge >= 0.3 is 11.9 Å². The maximum absolute atomic E-state index is 14.0. The van der Waals surface area contributed by atoms with E-state index >= 15 is 0 Å². The van der Waals surface area contributed by atoms with Crippen molar-refractivity contribution in [3.8, 4) is 0 Å². The van der Waals surface area contributed by atoms with E-state index in [1.807, 2.05) is 0 Å². The van der Waals surface area contributed by atoms with Crippen molar-refractivity contribution in [1.82, 2.24) is 0 Å². The summed E-state index contributed by atoms with van der Waals surface area (Å²) in [6.45, 7) is 5.29. The van der Waals surface area contributed by atoms with Gasteiger partial charge in [0.1, 0.15) is 5.83 Å². The molecule has 4 nitrogen and oxygen atoms in total. The highest BCUT2D eigenvalue weighted by molar-refractivity contribution is 5.90. The molecule has 1 aromatic carbocycles. The molecular formula is C17H19FO4. The van der Waals surface area contributed by atoms with Gasteiger partial charge in [0.2, 0.25) is 0 Å². The lowest BCUT2D eigenvalue weighted by molar-refractivity contribution is -0.138. The molecule has 0 aliphatic heterocycles. The fourth-order valence-corrected chi connectivity index (χ4v) is 1.83. The third kappa shape index (κ3) is 4.84. The van der Waals surface area contributed by atoms with E-state index in [1.54, 1.807) is 31.2 Å². The molecule has 0 bridgehead atoms. The first-order valence-electron chi connectivity index (χ1n) is 6.86. The molecule has 1 aromatic rings. The van der Waals surface area contributed by atoms with E-state index in [0.29, 0.717) is 11.1 Å². The van der Waals surface area contributed by atoms with Crippen LogP contribution in [0, 0.1) is 0 Å². The van der Waals surface area contributed by atoms with Crippen LogP contribution in [0.1, 0.15) is 29.3 Å². The van der Waals surface area contributed by atoms with Crippen LogP contribution in [0.3, 0.4) is 0 Å². The van der Waals surface area contributed by atoms with Crippen LogP contribution in [0.15, 0.2) is 48.3 Å². The van der Waals surface area contributed by atoms with Gasteiger partial charge in [0.25, 0.3) is 0 Å².